The number of hydrogen-bond donors (Lipinski definition) is 1. The lowest BCUT2D eigenvalue weighted by Gasteiger charge is -2.07. The first kappa shape index (κ1) is 12.8. The van der Waals surface area contributed by atoms with Gasteiger partial charge in [0.15, 0.2) is 0 Å². The number of anilines is 1. The molecule has 0 saturated heterocycles. The molecular formula is C12H17NO2S. The van der Waals surface area contributed by atoms with E-state index in [1.165, 1.54) is 0 Å². The maximum absolute atomic E-state index is 11.2. The molecule has 0 aliphatic rings. The minimum atomic E-state index is -3.22. The van der Waals surface area contributed by atoms with E-state index in [1.807, 2.05) is 24.3 Å². The van der Waals surface area contributed by atoms with Crippen molar-refractivity contribution in [3.05, 3.63) is 35.9 Å². The minimum absolute atomic E-state index is 0.436. The van der Waals surface area contributed by atoms with Crippen LogP contribution in [0.1, 0.15) is 19.4 Å². The van der Waals surface area contributed by atoms with Crippen LogP contribution < -0.4 is 4.72 Å². The second kappa shape index (κ2) is 5.16. The van der Waals surface area contributed by atoms with Gasteiger partial charge in [-0.15, -0.1) is 0 Å². The maximum atomic E-state index is 11.2. The molecule has 0 unspecified atom stereocenters. The Labute approximate surface area is 97.2 Å². The van der Waals surface area contributed by atoms with Gasteiger partial charge >= 0.3 is 0 Å². The highest BCUT2D eigenvalue weighted by molar-refractivity contribution is 7.92. The van der Waals surface area contributed by atoms with Crippen LogP contribution in [0.5, 0.6) is 0 Å². The van der Waals surface area contributed by atoms with Gasteiger partial charge in [-0.3, -0.25) is 4.72 Å². The summed E-state index contributed by atoms with van der Waals surface area (Å²) in [5.41, 5.74) is 1.49. The van der Waals surface area contributed by atoms with Crippen LogP contribution in [0.25, 0.3) is 6.08 Å². The molecule has 0 saturated carbocycles. The van der Waals surface area contributed by atoms with Gasteiger partial charge in [0.1, 0.15) is 0 Å². The van der Waals surface area contributed by atoms with E-state index in [4.69, 9.17) is 0 Å². The molecule has 4 heteroatoms. The second-order valence-corrected chi connectivity index (χ2v) is 5.81. The predicted octanol–water partition coefficient (Wildman–Crippen LogP) is 2.73. The second-order valence-electron chi connectivity index (χ2n) is 4.06. The number of allylic oxidation sites excluding steroid dienone is 1. The Balaban J connectivity index is 3.01. The summed E-state index contributed by atoms with van der Waals surface area (Å²) < 4.78 is 24.8. The van der Waals surface area contributed by atoms with E-state index in [2.05, 4.69) is 18.6 Å². The molecule has 0 bridgehead atoms. The van der Waals surface area contributed by atoms with Crippen LogP contribution in [0.3, 0.4) is 0 Å². The summed E-state index contributed by atoms with van der Waals surface area (Å²) in [5, 5.41) is 0. The van der Waals surface area contributed by atoms with Crippen molar-refractivity contribution in [1.82, 2.24) is 0 Å². The van der Waals surface area contributed by atoms with Crippen LogP contribution in [-0.2, 0) is 10.0 Å². The van der Waals surface area contributed by atoms with E-state index >= 15 is 0 Å². The number of para-hydroxylation sites is 1. The Morgan fingerprint density at radius 1 is 1.25 bits per heavy atom. The van der Waals surface area contributed by atoms with Crippen molar-refractivity contribution < 1.29 is 8.42 Å². The lowest BCUT2D eigenvalue weighted by molar-refractivity contribution is 0.607. The fourth-order valence-corrected chi connectivity index (χ4v) is 1.82. The number of rotatable bonds is 4. The molecule has 16 heavy (non-hydrogen) atoms. The highest BCUT2D eigenvalue weighted by Gasteiger charge is 2.04. The van der Waals surface area contributed by atoms with E-state index in [1.54, 1.807) is 12.1 Å². The summed E-state index contributed by atoms with van der Waals surface area (Å²) in [4.78, 5) is 0. The van der Waals surface area contributed by atoms with E-state index in [9.17, 15) is 8.42 Å². The number of sulfonamides is 1. The average molecular weight is 239 g/mol. The zero-order valence-electron chi connectivity index (χ0n) is 9.77. The van der Waals surface area contributed by atoms with Crippen molar-refractivity contribution in [1.29, 1.82) is 0 Å². The summed E-state index contributed by atoms with van der Waals surface area (Å²) in [5.74, 6) is 0.436. The molecular weight excluding hydrogens is 222 g/mol. The Morgan fingerprint density at radius 3 is 2.44 bits per heavy atom. The van der Waals surface area contributed by atoms with E-state index in [0.717, 1.165) is 11.8 Å². The van der Waals surface area contributed by atoms with Crippen molar-refractivity contribution in [2.24, 2.45) is 5.92 Å². The van der Waals surface area contributed by atoms with Gasteiger partial charge in [0.05, 0.1) is 11.9 Å². The first-order valence-electron chi connectivity index (χ1n) is 5.13. The molecule has 1 aromatic carbocycles. The third kappa shape index (κ3) is 4.49. The summed E-state index contributed by atoms with van der Waals surface area (Å²) in [6, 6.07) is 7.32. The highest BCUT2D eigenvalue weighted by Crippen LogP contribution is 2.18. The standard InChI is InChI=1S/C12H17NO2S/c1-10(2)8-9-11-6-4-5-7-12(11)13-16(3,14)15/h4-10,13H,1-3H3/b9-8+. The third-order valence-corrected chi connectivity index (χ3v) is 2.51. The molecule has 0 amide bonds. The van der Waals surface area contributed by atoms with Crippen molar-refractivity contribution >= 4 is 21.8 Å². The van der Waals surface area contributed by atoms with Crippen molar-refractivity contribution in [2.75, 3.05) is 11.0 Å². The zero-order chi connectivity index (χ0) is 12.2. The Kier molecular flexibility index (Phi) is 4.12. The summed E-state index contributed by atoms with van der Waals surface area (Å²) in [6.45, 7) is 4.15. The van der Waals surface area contributed by atoms with E-state index in [0.29, 0.717) is 11.6 Å². The van der Waals surface area contributed by atoms with Gasteiger partial charge in [-0.05, 0) is 17.5 Å². The molecule has 3 nitrogen and oxygen atoms in total. The molecule has 1 rings (SSSR count). The largest absolute Gasteiger partial charge is 0.283 e. The van der Waals surface area contributed by atoms with Crippen molar-refractivity contribution in [3.8, 4) is 0 Å². The van der Waals surface area contributed by atoms with Gasteiger partial charge in [0.25, 0.3) is 0 Å². The lowest BCUT2D eigenvalue weighted by Crippen LogP contribution is -2.10. The van der Waals surface area contributed by atoms with Gasteiger partial charge in [-0.2, -0.15) is 0 Å². The van der Waals surface area contributed by atoms with Gasteiger partial charge in [0, 0.05) is 0 Å². The minimum Gasteiger partial charge on any atom is -0.283 e. The van der Waals surface area contributed by atoms with Gasteiger partial charge < -0.3 is 0 Å². The fourth-order valence-electron chi connectivity index (χ4n) is 1.23. The number of hydrogen-bond acceptors (Lipinski definition) is 2. The normalized spacial score (nSPS) is 12.2. The molecule has 0 aliphatic carbocycles. The Hall–Kier alpha value is -1.29. The van der Waals surface area contributed by atoms with Crippen LogP contribution in [0.2, 0.25) is 0 Å². The van der Waals surface area contributed by atoms with Crippen LogP contribution in [0.4, 0.5) is 5.69 Å². The van der Waals surface area contributed by atoms with Gasteiger partial charge in [-0.1, -0.05) is 44.2 Å². The highest BCUT2D eigenvalue weighted by atomic mass is 32.2. The third-order valence-electron chi connectivity index (χ3n) is 1.92. The Bertz CT molecular complexity index is 476. The molecule has 0 atom stereocenters. The molecule has 0 aliphatic heterocycles. The molecule has 0 radical (unpaired) electrons. The summed E-state index contributed by atoms with van der Waals surface area (Å²) >= 11 is 0. The van der Waals surface area contributed by atoms with Crippen LogP contribution >= 0.6 is 0 Å². The van der Waals surface area contributed by atoms with Crippen molar-refractivity contribution in [3.63, 3.8) is 0 Å². The first-order chi connectivity index (χ1) is 7.38. The fraction of sp³-hybridized carbons (Fsp3) is 0.333. The Morgan fingerprint density at radius 2 is 1.88 bits per heavy atom. The quantitative estimate of drug-likeness (QED) is 0.878. The van der Waals surface area contributed by atoms with Crippen LogP contribution in [0.15, 0.2) is 30.3 Å². The monoisotopic (exact) mass is 239 g/mol. The van der Waals surface area contributed by atoms with Crippen LogP contribution in [0, 0.1) is 5.92 Å². The van der Waals surface area contributed by atoms with Gasteiger partial charge in [-0.25, -0.2) is 8.42 Å². The number of benzene rings is 1. The van der Waals surface area contributed by atoms with E-state index < -0.39 is 10.0 Å². The molecule has 1 aromatic rings. The maximum Gasteiger partial charge on any atom is 0.229 e. The van der Waals surface area contributed by atoms with Gasteiger partial charge in [0.2, 0.25) is 10.0 Å². The molecule has 0 aromatic heterocycles. The predicted molar refractivity (Wildman–Crippen MR) is 68.8 cm³/mol. The lowest BCUT2D eigenvalue weighted by atomic mass is 10.1. The molecule has 1 N–H and O–H groups in total. The van der Waals surface area contributed by atoms with Crippen molar-refractivity contribution in [2.45, 2.75) is 13.8 Å². The summed E-state index contributed by atoms with van der Waals surface area (Å²) in [6.07, 6.45) is 5.11. The molecule has 0 heterocycles. The number of nitrogens with one attached hydrogen (secondary N) is 1. The zero-order valence-corrected chi connectivity index (χ0v) is 10.6. The molecule has 0 fully saturated rings. The SMILES string of the molecule is CC(C)/C=C/c1ccccc1NS(C)(=O)=O. The molecule has 88 valence electrons. The van der Waals surface area contributed by atoms with E-state index in [-0.39, 0.29) is 0 Å². The first-order valence-corrected chi connectivity index (χ1v) is 7.02. The molecule has 0 spiro atoms. The topological polar surface area (TPSA) is 46.2 Å². The average Bonchev–Trinajstić information content (AvgIpc) is 2.14. The summed E-state index contributed by atoms with van der Waals surface area (Å²) in [7, 11) is -3.22. The van der Waals surface area contributed by atoms with Crippen LogP contribution in [-0.4, -0.2) is 14.7 Å². The smallest absolute Gasteiger partial charge is 0.229 e.